The Morgan fingerprint density at radius 3 is 2.71 bits per heavy atom. The molecular weight excluding hydrogens is 466 g/mol. The molecule has 0 saturated heterocycles. The molecule has 0 saturated carbocycles. The summed E-state index contributed by atoms with van der Waals surface area (Å²) in [5, 5.41) is 22.0. The van der Waals surface area contributed by atoms with Crippen LogP contribution in [0, 0.1) is 0 Å². The van der Waals surface area contributed by atoms with Crippen molar-refractivity contribution in [2.24, 2.45) is 0 Å². The van der Waals surface area contributed by atoms with Gasteiger partial charge in [0.1, 0.15) is 11.7 Å². The molecular formula is C20H16BrN7O3. The number of ether oxygens (including phenoxy) is 2. The van der Waals surface area contributed by atoms with E-state index in [9.17, 15) is 4.79 Å². The highest BCUT2D eigenvalue weighted by molar-refractivity contribution is 9.10. The number of tetrazole rings is 1. The molecule has 1 atom stereocenters. The van der Waals surface area contributed by atoms with Gasteiger partial charge in [0.25, 0.3) is 5.56 Å². The molecule has 0 spiro atoms. The summed E-state index contributed by atoms with van der Waals surface area (Å²) in [5.74, 6) is 1.51. The first-order chi connectivity index (χ1) is 15.1. The molecule has 1 aliphatic heterocycles. The lowest BCUT2D eigenvalue weighted by Gasteiger charge is -2.28. The average Bonchev–Trinajstić information content (AvgIpc) is 3.26. The van der Waals surface area contributed by atoms with Crippen molar-refractivity contribution in [2.75, 3.05) is 19.5 Å². The van der Waals surface area contributed by atoms with E-state index in [0.717, 1.165) is 15.6 Å². The van der Waals surface area contributed by atoms with Gasteiger partial charge in [0, 0.05) is 15.6 Å². The van der Waals surface area contributed by atoms with Crippen LogP contribution in [-0.2, 0) is 0 Å². The van der Waals surface area contributed by atoms with Crippen LogP contribution < -0.4 is 20.3 Å². The summed E-state index contributed by atoms with van der Waals surface area (Å²) in [4.78, 5) is 12.7. The molecule has 156 valence electrons. The molecule has 2 N–H and O–H groups in total. The topological polar surface area (TPSA) is 120 Å². The standard InChI is InChI=1S/C20H16BrN7O3/c1-30-13-7-6-10(9-14(13)31-2)16-15-17(19(29)24-23-16)22-20-25-26-27-28(20)18(15)11-4-3-5-12(21)8-11/h3-9,18H,1-2H3,(H,24,29)(H,22,25,27)/t18-/m0/s1. The first kappa shape index (κ1) is 19.2. The first-order valence-corrected chi connectivity index (χ1v) is 10.1. The van der Waals surface area contributed by atoms with Gasteiger partial charge in [-0.05, 0) is 46.3 Å². The molecule has 31 heavy (non-hydrogen) atoms. The number of methoxy groups -OCH3 is 2. The van der Waals surface area contributed by atoms with Crippen LogP contribution in [0.5, 0.6) is 11.5 Å². The van der Waals surface area contributed by atoms with E-state index in [4.69, 9.17) is 9.47 Å². The third kappa shape index (κ3) is 3.13. The van der Waals surface area contributed by atoms with Crippen molar-refractivity contribution in [1.29, 1.82) is 0 Å². The average molecular weight is 482 g/mol. The van der Waals surface area contributed by atoms with Crippen LogP contribution in [0.4, 0.5) is 11.6 Å². The van der Waals surface area contributed by atoms with Gasteiger partial charge < -0.3 is 14.8 Å². The van der Waals surface area contributed by atoms with Crippen LogP contribution in [0.15, 0.2) is 51.7 Å². The molecule has 3 heterocycles. The highest BCUT2D eigenvalue weighted by Gasteiger charge is 2.34. The minimum absolute atomic E-state index is 0.340. The summed E-state index contributed by atoms with van der Waals surface area (Å²) in [6.45, 7) is 0. The summed E-state index contributed by atoms with van der Waals surface area (Å²) in [6.07, 6.45) is 0. The Bertz CT molecular complexity index is 1350. The zero-order valence-electron chi connectivity index (χ0n) is 16.5. The maximum absolute atomic E-state index is 12.7. The molecule has 4 aromatic rings. The number of rotatable bonds is 4. The fourth-order valence-electron chi connectivity index (χ4n) is 3.73. The zero-order chi connectivity index (χ0) is 21.5. The lowest BCUT2D eigenvalue weighted by Crippen LogP contribution is -2.29. The summed E-state index contributed by atoms with van der Waals surface area (Å²) in [7, 11) is 3.14. The minimum atomic E-state index is -0.475. The van der Waals surface area contributed by atoms with Crippen LogP contribution >= 0.6 is 15.9 Å². The Morgan fingerprint density at radius 1 is 1.10 bits per heavy atom. The molecule has 0 amide bonds. The zero-order valence-corrected chi connectivity index (χ0v) is 18.0. The number of nitrogens with one attached hydrogen (secondary N) is 2. The van der Waals surface area contributed by atoms with Gasteiger partial charge in [0.15, 0.2) is 11.5 Å². The molecule has 0 bridgehead atoms. The van der Waals surface area contributed by atoms with Crippen molar-refractivity contribution in [2.45, 2.75) is 6.04 Å². The number of nitrogens with zero attached hydrogens (tertiary/aromatic N) is 5. The van der Waals surface area contributed by atoms with Gasteiger partial charge in [-0.15, -0.1) is 0 Å². The predicted molar refractivity (Wildman–Crippen MR) is 116 cm³/mol. The van der Waals surface area contributed by atoms with Crippen LogP contribution in [0.3, 0.4) is 0 Å². The Hall–Kier alpha value is -3.73. The summed E-state index contributed by atoms with van der Waals surface area (Å²) in [6, 6.07) is 12.7. The van der Waals surface area contributed by atoms with E-state index in [1.807, 2.05) is 36.4 Å². The molecule has 2 aromatic carbocycles. The number of benzene rings is 2. The van der Waals surface area contributed by atoms with Gasteiger partial charge in [0.2, 0.25) is 5.95 Å². The van der Waals surface area contributed by atoms with Crippen molar-refractivity contribution in [3.05, 3.63) is 68.4 Å². The number of hydrogen-bond acceptors (Lipinski definition) is 8. The fraction of sp³-hybridized carbons (Fsp3) is 0.150. The number of halogens is 1. The molecule has 0 radical (unpaired) electrons. The molecule has 11 heteroatoms. The van der Waals surface area contributed by atoms with Gasteiger partial charge in [-0.25, -0.2) is 5.10 Å². The van der Waals surface area contributed by atoms with E-state index in [1.165, 1.54) is 0 Å². The fourth-order valence-corrected chi connectivity index (χ4v) is 4.14. The van der Waals surface area contributed by atoms with Gasteiger partial charge in [-0.1, -0.05) is 33.2 Å². The number of hydrogen-bond donors (Lipinski definition) is 2. The van der Waals surface area contributed by atoms with Gasteiger partial charge in [0.05, 0.1) is 19.9 Å². The van der Waals surface area contributed by atoms with Crippen LogP contribution in [0.1, 0.15) is 17.2 Å². The van der Waals surface area contributed by atoms with Crippen LogP contribution in [0.2, 0.25) is 0 Å². The van der Waals surface area contributed by atoms with Gasteiger partial charge in [-0.2, -0.15) is 9.78 Å². The largest absolute Gasteiger partial charge is 0.493 e. The third-order valence-corrected chi connectivity index (χ3v) is 5.58. The Balaban J connectivity index is 1.80. The quantitative estimate of drug-likeness (QED) is 0.402. The lowest BCUT2D eigenvalue weighted by molar-refractivity contribution is 0.355. The van der Waals surface area contributed by atoms with Crippen molar-refractivity contribution < 1.29 is 9.47 Å². The molecule has 2 aromatic heterocycles. The monoisotopic (exact) mass is 481 g/mol. The van der Waals surface area contributed by atoms with E-state index in [-0.39, 0.29) is 5.56 Å². The summed E-state index contributed by atoms with van der Waals surface area (Å²) in [5.41, 5.74) is 2.81. The van der Waals surface area contributed by atoms with Crippen LogP contribution in [0.25, 0.3) is 11.3 Å². The Morgan fingerprint density at radius 2 is 1.94 bits per heavy atom. The van der Waals surface area contributed by atoms with Crippen molar-refractivity contribution >= 4 is 27.6 Å². The minimum Gasteiger partial charge on any atom is -0.493 e. The van der Waals surface area contributed by atoms with Crippen molar-refractivity contribution in [3.8, 4) is 22.8 Å². The van der Waals surface area contributed by atoms with Gasteiger partial charge >= 0.3 is 0 Å². The van der Waals surface area contributed by atoms with E-state index >= 15 is 0 Å². The SMILES string of the molecule is COc1ccc(-c2n[nH]c(=O)c3c2[C@H](c2cccc(Br)c2)n2nnnc2N3)cc1OC. The molecule has 5 rings (SSSR count). The number of H-pyrrole nitrogens is 1. The van der Waals surface area contributed by atoms with Crippen molar-refractivity contribution in [1.82, 2.24) is 30.4 Å². The molecule has 1 aliphatic rings. The lowest BCUT2D eigenvalue weighted by atomic mass is 9.92. The maximum atomic E-state index is 12.7. The van der Waals surface area contributed by atoms with Crippen molar-refractivity contribution in [3.63, 3.8) is 0 Å². The second kappa shape index (κ2) is 7.51. The van der Waals surface area contributed by atoms with Crippen LogP contribution in [-0.4, -0.2) is 44.6 Å². The molecule has 0 aliphatic carbocycles. The first-order valence-electron chi connectivity index (χ1n) is 9.26. The van der Waals surface area contributed by atoms with E-state index in [2.05, 4.69) is 47.0 Å². The Labute approximate surface area is 184 Å². The number of aromatic amines is 1. The molecule has 0 unspecified atom stereocenters. The van der Waals surface area contributed by atoms with Gasteiger partial charge in [-0.3, -0.25) is 4.79 Å². The summed E-state index contributed by atoms with van der Waals surface area (Å²) >= 11 is 3.52. The normalized spacial score (nSPS) is 14.4. The smallest absolute Gasteiger partial charge is 0.288 e. The molecule has 0 fully saturated rings. The third-order valence-electron chi connectivity index (χ3n) is 5.09. The predicted octanol–water partition coefficient (Wildman–Crippen LogP) is 2.90. The second-order valence-electron chi connectivity index (χ2n) is 6.79. The highest BCUT2D eigenvalue weighted by Crippen LogP contribution is 2.42. The number of anilines is 2. The maximum Gasteiger partial charge on any atom is 0.288 e. The summed E-state index contributed by atoms with van der Waals surface area (Å²) < 4.78 is 13.3. The molecule has 10 nitrogen and oxygen atoms in total. The number of aromatic nitrogens is 6. The second-order valence-corrected chi connectivity index (χ2v) is 7.71. The Kier molecular flexibility index (Phi) is 4.66. The number of fused-ring (bicyclic) bond motifs is 2. The van der Waals surface area contributed by atoms with E-state index in [0.29, 0.717) is 34.4 Å². The van der Waals surface area contributed by atoms with E-state index < -0.39 is 6.04 Å². The van der Waals surface area contributed by atoms with E-state index in [1.54, 1.807) is 25.0 Å². The highest BCUT2D eigenvalue weighted by atomic mass is 79.9.